The second-order valence-electron chi connectivity index (χ2n) is 6.85. The molecule has 0 radical (unpaired) electrons. The van der Waals surface area contributed by atoms with E-state index < -0.39 is 0 Å². The molecule has 1 heterocycles. The van der Waals surface area contributed by atoms with Crippen LogP contribution in [0, 0.1) is 13.8 Å². The Morgan fingerprint density at radius 2 is 1.52 bits per heavy atom. The molecule has 0 aliphatic rings. The normalized spacial score (nSPS) is 10.9. The molecule has 27 heavy (non-hydrogen) atoms. The lowest BCUT2D eigenvalue weighted by Crippen LogP contribution is -2.13. The Bertz CT molecular complexity index is 909. The predicted molar refractivity (Wildman–Crippen MR) is 107 cm³/mol. The Kier molecular flexibility index (Phi) is 5.65. The van der Waals surface area contributed by atoms with E-state index in [0.717, 1.165) is 28.5 Å². The first-order chi connectivity index (χ1) is 13.0. The van der Waals surface area contributed by atoms with Crippen LogP contribution in [0.4, 0.5) is 0 Å². The molecule has 0 fully saturated rings. The number of Topliss-reactive ketones (excluding diaryl/α,β-unsaturated/α-hetero) is 1. The molecular formula is C23H25NO3. The number of aryl methyl sites for hydroxylation is 1. The minimum absolute atomic E-state index is 0.0142. The van der Waals surface area contributed by atoms with Gasteiger partial charge in [0.2, 0.25) is 5.78 Å². The molecule has 0 aliphatic carbocycles. The number of carbonyl (C=O) groups excluding carboxylic acids is 1. The highest BCUT2D eigenvalue weighted by Gasteiger charge is 2.17. The summed E-state index contributed by atoms with van der Waals surface area (Å²) >= 11 is 0. The molecule has 1 aromatic heterocycles. The molecule has 3 rings (SSSR count). The van der Waals surface area contributed by atoms with E-state index in [1.165, 1.54) is 0 Å². The zero-order valence-electron chi connectivity index (χ0n) is 16.2. The van der Waals surface area contributed by atoms with Crippen molar-refractivity contribution in [3.8, 4) is 17.2 Å². The summed E-state index contributed by atoms with van der Waals surface area (Å²) in [6.45, 7) is 8.25. The number of benzene rings is 2. The molecule has 140 valence electrons. The van der Waals surface area contributed by atoms with Crippen LogP contribution in [-0.4, -0.2) is 17.0 Å². The Balaban J connectivity index is 1.62. The molecular weight excluding hydrogens is 338 g/mol. The van der Waals surface area contributed by atoms with Gasteiger partial charge >= 0.3 is 0 Å². The van der Waals surface area contributed by atoms with Crippen LogP contribution in [-0.2, 0) is 0 Å². The summed E-state index contributed by atoms with van der Waals surface area (Å²) in [4.78, 5) is 12.6. The number of hydrogen-bond acceptors (Lipinski definition) is 3. The number of carbonyl (C=O) groups is 1. The van der Waals surface area contributed by atoms with Crippen molar-refractivity contribution in [3.63, 3.8) is 0 Å². The molecule has 0 saturated carbocycles. The molecule has 0 bridgehead atoms. The molecule has 3 aromatic rings. The van der Waals surface area contributed by atoms with Crippen LogP contribution in [0.5, 0.6) is 17.2 Å². The van der Waals surface area contributed by atoms with Crippen molar-refractivity contribution >= 4 is 5.78 Å². The van der Waals surface area contributed by atoms with E-state index in [4.69, 9.17) is 9.47 Å². The van der Waals surface area contributed by atoms with Crippen molar-refractivity contribution in [2.24, 2.45) is 0 Å². The highest BCUT2D eigenvalue weighted by molar-refractivity contribution is 5.98. The number of hydrogen-bond donors (Lipinski definition) is 0. The topological polar surface area (TPSA) is 40.5 Å². The first kappa shape index (κ1) is 18.8. The number of para-hydroxylation sites is 1. The molecule has 0 spiro atoms. The number of ether oxygens (including phenoxy) is 2. The molecule has 0 amide bonds. The molecule has 2 aromatic carbocycles. The maximum atomic E-state index is 12.6. The zero-order chi connectivity index (χ0) is 19.4. The second-order valence-corrected chi connectivity index (χ2v) is 6.85. The van der Waals surface area contributed by atoms with Crippen molar-refractivity contribution < 1.29 is 14.3 Å². The van der Waals surface area contributed by atoms with Crippen LogP contribution in [0.3, 0.4) is 0 Å². The van der Waals surface area contributed by atoms with Crippen LogP contribution in [0.15, 0.2) is 60.7 Å². The van der Waals surface area contributed by atoms with E-state index in [9.17, 15) is 4.79 Å². The van der Waals surface area contributed by atoms with Gasteiger partial charge in [-0.1, -0.05) is 18.2 Å². The van der Waals surface area contributed by atoms with Crippen molar-refractivity contribution in [2.45, 2.75) is 33.7 Å². The van der Waals surface area contributed by atoms with Crippen LogP contribution in [0.25, 0.3) is 0 Å². The van der Waals surface area contributed by atoms with Gasteiger partial charge in [-0.05, 0) is 70.2 Å². The summed E-state index contributed by atoms with van der Waals surface area (Å²) in [6, 6.07) is 19.1. The van der Waals surface area contributed by atoms with E-state index in [1.54, 1.807) is 0 Å². The lowest BCUT2D eigenvalue weighted by atomic mass is 10.1. The van der Waals surface area contributed by atoms with Crippen LogP contribution >= 0.6 is 0 Å². The molecule has 0 unspecified atom stereocenters. The maximum Gasteiger partial charge on any atom is 0.202 e. The van der Waals surface area contributed by atoms with Gasteiger partial charge in [-0.2, -0.15) is 0 Å². The third-order valence-corrected chi connectivity index (χ3v) is 4.47. The first-order valence-corrected chi connectivity index (χ1v) is 9.13. The summed E-state index contributed by atoms with van der Waals surface area (Å²) < 4.78 is 13.6. The van der Waals surface area contributed by atoms with E-state index in [-0.39, 0.29) is 12.4 Å². The van der Waals surface area contributed by atoms with Gasteiger partial charge in [0, 0.05) is 23.0 Å². The van der Waals surface area contributed by atoms with E-state index in [2.05, 4.69) is 18.4 Å². The minimum atomic E-state index is -0.0142. The number of aromatic nitrogens is 1. The fourth-order valence-corrected chi connectivity index (χ4v) is 3.31. The van der Waals surface area contributed by atoms with Crippen molar-refractivity contribution in [2.75, 3.05) is 6.61 Å². The zero-order valence-corrected chi connectivity index (χ0v) is 16.2. The standard InChI is InChI=1S/C23H25NO3/c1-16(2)24-17(3)14-22(18(24)4)23(25)15-26-19-10-12-21(13-11-19)27-20-8-6-5-7-9-20/h5-14,16H,15H2,1-4H3. The smallest absolute Gasteiger partial charge is 0.202 e. The Morgan fingerprint density at radius 1 is 0.926 bits per heavy atom. The molecule has 4 nitrogen and oxygen atoms in total. The fraction of sp³-hybridized carbons (Fsp3) is 0.261. The van der Waals surface area contributed by atoms with E-state index in [0.29, 0.717) is 11.8 Å². The summed E-state index contributed by atoms with van der Waals surface area (Å²) in [7, 11) is 0. The lowest BCUT2D eigenvalue weighted by molar-refractivity contribution is 0.0920. The van der Waals surface area contributed by atoms with Gasteiger partial charge in [0.25, 0.3) is 0 Å². The molecule has 4 heteroatoms. The van der Waals surface area contributed by atoms with Crippen molar-refractivity contribution in [1.29, 1.82) is 0 Å². The number of nitrogens with zero attached hydrogens (tertiary/aromatic N) is 1. The Hall–Kier alpha value is -3.01. The van der Waals surface area contributed by atoms with Crippen molar-refractivity contribution in [3.05, 3.63) is 77.6 Å². The average Bonchev–Trinajstić information content (AvgIpc) is 2.96. The Morgan fingerprint density at radius 3 is 2.11 bits per heavy atom. The summed E-state index contributed by atoms with van der Waals surface area (Å²) in [6.07, 6.45) is 0. The van der Waals surface area contributed by atoms with Gasteiger partial charge in [0.15, 0.2) is 6.61 Å². The SMILES string of the molecule is Cc1cc(C(=O)COc2ccc(Oc3ccccc3)cc2)c(C)n1C(C)C. The molecule has 0 saturated heterocycles. The van der Waals surface area contributed by atoms with E-state index in [1.807, 2.05) is 74.5 Å². The van der Waals surface area contributed by atoms with Crippen LogP contribution in [0.1, 0.15) is 41.6 Å². The van der Waals surface area contributed by atoms with Gasteiger partial charge in [-0.15, -0.1) is 0 Å². The maximum absolute atomic E-state index is 12.6. The average molecular weight is 363 g/mol. The van der Waals surface area contributed by atoms with E-state index >= 15 is 0 Å². The largest absolute Gasteiger partial charge is 0.485 e. The summed E-state index contributed by atoms with van der Waals surface area (Å²) in [5.74, 6) is 2.13. The van der Waals surface area contributed by atoms with Gasteiger partial charge in [-0.3, -0.25) is 4.79 Å². The van der Waals surface area contributed by atoms with Gasteiger partial charge in [0.1, 0.15) is 17.2 Å². The predicted octanol–water partition coefficient (Wildman–Crippen LogP) is 5.74. The number of ketones is 1. The third-order valence-electron chi connectivity index (χ3n) is 4.47. The molecule has 0 N–H and O–H groups in total. The Labute approximate surface area is 160 Å². The molecule has 0 aliphatic heterocycles. The summed E-state index contributed by atoms with van der Waals surface area (Å²) in [5, 5.41) is 0. The number of rotatable bonds is 7. The highest BCUT2D eigenvalue weighted by atomic mass is 16.5. The van der Waals surface area contributed by atoms with Gasteiger partial charge < -0.3 is 14.0 Å². The lowest BCUT2D eigenvalue weighted by Gasteiger charge is -2.13. The van der Waals surface area contributed by atoms with Gasteiger partial charge in [0.05, 0.1) is 0 Å². The first-order valence-electron chi connectivity index (χ1n) is 9.13. The summed E-state index contributed by atoms with van der Waals surface area (Å²) in [5.41, 5.74) is 2.81. The second kappa shape index (κ2) is 8.12. The molecule has 0 atom stereocenters. The van der Waals surface area contributed by atoms with Crippen LogP contribution in [0.2, 0.25) is 0 Å². The fourth-order valence-electron chi connectivity index (χ4n) is 3.31. The van der Waals surface area contributed by atoms with Crippen molar-refractivity contribution in [1.82, 2.24) is 4.57 Å². The van der Waals surface area contributed by atoms with Gasteiger partial charge in [-0.25, -0.2) is 0 Å². The quantitative estimate of drug-likeness (QED) is 0.503. The minimum Gasteiger partial charge on any atom is -0.485 e. The monoisotopic (exact) mass is 363 g/mol. The highest BCUT2D eigenvalue weighted by Crippen LogP contribution is 2.24. The van der Waals surface area contributed by atoms with Crippen LogP contribution < -0.4 is 9.47 Å². The third kappa shape index (κ3) is 4.40.